The highest BCUT2D eigenvalue weighted by Crippen LogP contribution is 2.29. The molecule has 2 rings (SSSR count). The number of pyridine rings is 1. The van der Waals surface area contributed by atoms with Crippen molar-refractivity contribution < 1.29 is 0 Å². The molecule has 1 aliphatic rings. The lowest BCUT2D eigenvalue weighted by atomic mass is 9.81. The highest BCUT2D eigenvalue weighted by Gasteiger charge is 2.17. The van der Waals surface area contributed by atoms with Gasteiger partial charge in [-0.15, -0.1) is 0 Å². The highest BCUT2D eigenvalue weighted by atomic mass is 14.8. The van der Waals surface area contributed by atoms with E-state index < -0.39 is 0 Å². The standard InChI is InChI=1S/C16H26N2/c1-13-3-5-15(6-4-13)7-8-17-11-16-9-14(2)10-18-12-16/h9-10,12-13,15,17H,3-8,11H2,1-2H3. The number of nitrogens with one attached hydrogen (secondary N) is 1. The molecule has 1 aliphatic carbocycles. The van der Waals surface area contributed by atoms with E-state index >= 15 is 0 Å². The van der Waals surface area contributed by atoms with E-state index in [0.29, 0.717) is 0 Å². The molecule has 1 fully saturated rings. The maximum absolute atomic E-state index is 4.22. The van der Waals surface area contributed by atoms with Crippen molar-refractivity contribution in [3.63, 3.8) is 0 Å². The van der Waals surface area contributed by atoms with Crippen molar-refractivity contribution in [2.75, 3.05) is 6.54 Å². The second-order valence-electron chi connectivity index (χ2n) is 5.96. The van der Waals surface area contributed by atoms with Crippen LogP contribution < -0.4 is 5.32 Å². The Morgan fingerprint density at radius 2 is 2.00 bits per heavy atom. The first-order valence-electron chi connectivity index (χ1n) is 7.35. The van der Waals surface area contributed by atoms with Crippen LogP contribution in [-0.2, 0) is 6.54 Å². The Hall–Kier alpha value is -0.890. The SMILES string of the molecule is Cc1cncc(CNCCC2CCC(C)CC2)c1. The van der Waals surface area contributed by atoms with Crippen LogP contribution >= 0.6 is 0 Å². The van der Waals surface area contributed by atoms with Gasteiger partial charge in [-0.2, -0.15) is 0 Å². The maximum Gasteiger partial charge on any atom is 0.0313 e. The average molecular weight is 246 g/mol. The lowest BCUT2D eigenvalue weighted by molar-refractivity contribution is 0.275. The van der Waals surface area contributed by atoms with Crippen LogP contribution in [0.4, 0.5) is 0 Å². The van der Waals surface area contributed by atoms with Crippen LogP contribution in [0.3, 0.4) is 0 Å². The molecule has 0 bridgehead atoms. The molecular formula is C16H26N2. The van der Waals surface area contributed by atoms with Crippen molar-refractivity contribution in [1.82, 2.24) is 10.3 Å². The summed E-state index contributed by atoms with van der Waals surface area (Å²) in [6.07, 6.45) is 11.0. The van der Waals surface area contributed by atoms with Gasteiger partial charge in [0.2, 0.25) is 0 Å². The Morgan fingerprint density at radius 3 is 2.72 bits per heavy atom. The Kier molecular flexibility index (Phi) is 5.18. The van der Waals surface area contributed by atoms with Gasteiger partial charge in [-0.25, -0.2) is 0 Å². The molecule has 0 unspecified atom stereocenters. The summed E-state index contributed by atoms with van der Waals surface area (Å²) in [5, 5.41) is 3.55. The van der Waals surface area contributed by atoms with Crippen molar-refractivity contribution in [2.24, 2.45) is 11.8 Å². The van der Waals surface area contributed by atoms with E-state index in [1.54, 1.807) is 0 Å². The van der Waals surface area contributed by atoms with Gasteiger partial charge in [0.15, 0.2) is 0 Å². The number of hydrogen-bond acceptors (Lipinski definition) is 2. The molecule has 0 aliphatic heterocycles. The predicted molar refractivity (Wildman–Crippen MR) is 76.4 cm³/mol. The summed E-state index contributed by atoms with van der Waals surface area (Å²) in [4.78, 5) is 4.22. The summed E-state index contributed by atoms with van der Waals surface area (Å²) in [7, 11) is 0. The largest absolute Gasteiger partial charge is 0.313 e. The topological polar surface area (TPSA) is 24.9 Å². The van der Waals surface area contributed by atoms with Crippen molar-refractivity contribution >= 4 is 0 Å². The fourth-order valence-electron chi connectivity index (χ4n) is 2.87. The van der Waals surface area contributed by atoms with E-state index in [9.17, 15) is 0 Å². The zero-order valence-electron chi connectivity index (χ0n) is 11.8. The molecule has 2 nitrogen and oxygen atoms in total. The number of nitrogens with zero attached hydrogens (tertiary/aromatic N) is 1. The van der Waals surface area contributed by atoms with E-state index in [-0.39, 0.29) is 0 Å². The van der Waals surface area contributed by atoms with Crippen molar-refractivity contribution in [3.8, 4) is 0 Å². The van der Waals surface area contributed by atoms with Gasteiger partial charge in [0.25, 0.3) is 0 Å². The highest BCUT2D eigenvalue weighted by molar-refractivity contribution is 5.16. The fraction of sp³-hybridized carbons (Fsp3) is 0.688. The molecule has 1 heterocycles. The second kappa shape index (κ2) is 6.89. The lowest BCUT2D eigenvalue weighted by Gasteiger charge is -2.26. The summed E-state index contributed by atoms with van der Waals surface area (Å²) in [6, 6.07) is 2.21. The van der Waals surface area contributed by atoms with Gasteiger partial charge in [-0.05, 0) is 42.9 Å². The van der Waals surface area contributed by atoms with E-state index in [0.717, 1.165) is 24.9 Å². The first-order chi connectivity index (χ1) is 8.74. The molecule has 1 aromatic heterocycles. The lowest BCUT2D eigenvalue weighted by Crippen LogP contribution is -2.20. The Bertz CT molecular complexity index is 354. The Balaban J connectivity index is 1.61. The monoisotopic (exact) mass is 246 g/mol. The molecule has 2 heteroatoms. The minimum atomic E-state index is 0.956. The first kappa shape index (κ1) is 13.5. The van der Waals surface area contributed by atoms with Gasteiger partial charge in [0, 0.05) is 18.9 Å². The van der Waals surface area contributed by atoms with Crippen LogP contribution in [0.25, 0.3) is 0 Å². The summed E-state index contributed by atoms with van der Waals surface area (Å²) in [5.74, 6) is 1.93. The summed E-state index contributed by atoms with van der Waals surface area (Å²) in [5.41, 5.74) is 2.54. The van der Waals surface area contributed by atoms with E-state index in [2.05, 4.69) is 30.2 Å². The Morgan fingerprint density at radius 1 is 1.22 bits per heavy atom. The number of aromatic nitrogens is 1. The third kappa shape index (κ3) is 4.41. The first-order valence-corrected chi connectivity index (χ1v) is 7.35. The van der Waals surface area contributed by atoms with Crippen molar-refractivity contribution in [1.29, 1.82) is 0 Å². The number of hydrogen-bond donors (Lipinski definition) is 1. The molecule has 0 saturated heterocycles. The second-order valence-corrected chi connectivity index (χ2v) is 5.96. The van der Waals surface area contributed by atoms with Crippen molar-refractivity contribution in [2.45, 2.75) is 52.5 Å². The van der Waals surface area contributed by atoms with Gasteiger partial charge in [0.1, 0.15) is 0 Å². The zero-order valence-corrected chi connectivity index (χ0v) is 11.8. The fourth-order valence-corrected chi connectivity index (χ4v) is 2.87. The molecule has 1 aromatic rings. The Labute approximate surface area is 111 Å². The predicted octanol–water partition coefficient (Wildman–Crippen LogP) is 3.70. The molecule has 0 spiro atoms. The van der Waals surface area contributed by atoms with Gasteiger partial charge >= 0.3 is 0 Å². The normalized spacial score (nSPS) is 24.1. The molecule has 18 heavy (non-hydrogen) atoms. The van der Waals surface area contributed by atoms with Crippen molar-refractivity contribution in [3.05, 3.63) is 29.6 Å². The molecule has 0 amide bonds. The summed E-state index contributed by atoms with van der Waals surface area (Å²) >= 11 is 0. The van der Waals surface area contributed by atoms with Crippen LogP contribution in [0.2, 0.25) is 0 Å². The van der Waals surface area contributed by atoms with Gasteiger partial charge < -0.3 is 5.32 Å². The van der Waals surface area contributed by atoms with Gasteiger partial charge in [-0.1, -0.05) is 38.7 Å². The maximum atomic E-state index is 4.22. The number of rotatable bonds is 5. The van der Waals surface area contributed by atoms with Gasteiger partial charge in [-0.3, -0.25) is 4.98 Å². The molecular weight excluding hydrogens is 220 g/mol. The quantitative estimate of drug-likeness (QED) is 0.801. The van der Waals surface area contributed by atoms with Crippen LogP contribution in [0, 0.1) is 18.8 Å². The average Bonchev–Trinajstić information content (AvgIpc) is 2.37. The minimum absolute atomic E-state index is 0.956. The molecule has 0 radical (unpaired) electrons. The summed E-state index contributed by atoms with van der Waals surface area (Å²) in [6.45, 7) is 6.59. The zero-order chi connectivity index (χ0) is 12.8. The van der Waals surface area contributed by atoms with E-state index in [1.165, 1.54) is 43.2 Å². The molecule has 0 atom stereocenters. The summed E-state index contributed by atoms with van der Waals surface area (Å²) < 4.78 is 0. The molecule has 1 N–H and O–H groups in total. The van der Waals surface area contributed by atoms with Crippen LogP contribution in [0.1, 0.15) is 50.2 Å². The van der Waals surface area contributed by atoms with Crippen LogP contribution in [0.5, 0.6) is 0 Å². The van der Waals surface area contributed by atoms with E-state index in [1.807, 2.05) is 12.4 Å². The third-order valence-corrected chi connectivity index (χ3v) is 4.13. The van der Waals surface area contributed by atoms with E-state index in [4.69, 9.17) is 0 Å². The minimum Gasteiger partial charge on any atom is -0.313 e. The molecule has 1 saturated carbocycles. The van der Waals surface area contributed by atoms with Crippen LogP contribution in [-0.4, -0.2) is 11.5 Å². The third-order valence-electron chi connectivity index (χ3n) is 4.13. The molecule has 100 valence electrons. The van der Waals surface area contributed by atoms with Crippen LogP contribution in [0.15, 0.2) is 18.5 Å². The number of aryl methyl sites for hydroxylation is 1. The molecule has 0 aromatic carbocycles. The smallest absolute Gasteiger partial charge is 0.0313 e. The van der Waals surface area contributed by atoms with Gasteiger partial charge in [0.05, 0.1) is 0 Å².